The molecule has 0 saturated heterocycles. The number of rotatable bonds is 8. The topological polar surface area (TPSA) is 3.88 Å². The van der Waals surface area contributed by atoms with E-state index in [1.54, 1.807) is 0 Å². The van der Waals surface area contributed by atoms with Crippen molar-refractivity contribution in [1.82, 2.24) is 0 Å². The molecule has 0 aliphatic heterocycles. The Hall–Kier alpha value is -1.80. The Morgan fingerprint density at radius 3 is 2.59 bits per heavy atom. The molecular formula is C27H34NS+. The maximum atomic E-state index is 2.48. The minimum absolute atomic E-state index is 1.02. The fourth-order valence-electron chi connectivity index (χ4n) is 4.71. The number of benzene rings is 2. The van der Waals surface area contributed by atoms with Crippen LogP contribution < -0.4 is 4.57 Å². The van der Waals surface area contributed by atoms with E-state index in [2.05, 4.69) is 72.3 Å². The Balaban J connectivity index is 1.40. The van der Waals surface area contributed by atoms with Crippen molar-refractivity contribution in [3.63, 3.8) is 0 Å². The molecule has 0 bridgehead atoms. The molecular weight excluding hydrogens is 370 g/mol. The molecule has 0 spiro atoms. The molecule has 2 heteroatoms. The Bertz CT molecular complexity index is 927. The molecule has 0 N–H and O–H groups in total. The molecule has 2 aromatic carbocycles. The SMILES string of the molecule is Cc1cccc(Sc2cc3ccccc3[n+](CCCCCC3CCCCC3)c2)c1. The van der Waals surface area contributed by atoms with Crippen LogP contribution in [0.4, 0.5) is 0 Å². The first-order valence-corrected chi connectivity index (χ1v) is 12.3. The van der Waals surface area contributed by atoms with Crippen LogP contribution in [0.1, 0.15) is 63.4 Å². The Morgan fingerprint density at radius 2 is 1.72 bits per heavy atom. The molecule has 1 fully saturated rings. The van der Waals surface area contributed by atoms with Gasteiger partial charge >= 0.3 is 0 Å². The van der Waals surface area contributed by atoms with Crippen LogP contribution >= 0.6 is 11.8 Å². The number of fused-ring (bicyclic) bond motifs is 1. The summed E-state index contributed by atoms with van der Waals surface area (Å²) in [6, 6.07) is 20.0. The van der Waals surface area contributed by atoms with E-state index in [1.807, 2.05) is 11.8 Å². The highest BCUT2D eigenvalue weighted by Gasteiger charge is 2.14. The Morgan fingerprint density at radius 1 is 0.862 bits per heavy atom. The van der Waals surface area contributed by atoms with E-state index in [0.29, 0.717) is 0 Å². The molecule has 1 nitrogen and oxygen atoms in total. The van der Waals surface area contributed by atoms with Gasteiger partial charge in [0.2, 0.25) is 5.52 Å². The number of para-hydroxylation sites is 1. The van der Waals surface area contributed by atoms with Crippen molar-refractivity contribution in [1.29, 1.82) is 0 Å². The van der Waals surface area contributed by atoms with Crippen LogP contribution in [-0.2, 0) is 6.54 Å². The van der Waals surface area contributed by atoms with E-state index in [4.69, 9.17) is 0 Å². The largest absolute Gasteiger partial charge is 0.212 e. The van der Waals surface area contributed by atoms with Gasteiger partial charge in [0.1, 0.15) is 6.54 Å². The van der Waals surface area contributed by atoms with E-state index in [9.17, 15) is 0 Å². The molecule has 1 saturated carbocycles. The highest BCUT2D eigenvalue weighted by molar-refractivity contribution is 7.99. The van der Waals surface area contributed by atoms with Gasteiger partial charge in [-0.25, -0.2) is 0 Å². The molecule has 0 unspecified atom stereocenters. The van der Waals surface area contributed by atoms with Gasteiger partial charge in [0.05, 0.1) is 4.90 Å². The third kappa shape index (κ3) is 5.85. The maximum Gasteiger partial charge on any atom is 0.212 e. The molecule has 0 radical (unpaired) electrons. The number of aromatic nitrogens is 1. The first-order valence-electron chi connectivity index (χ1n) is 11.4. The molecule has 0 atom stereocenters. The van der Waals surface area contributed by atoms with Gasteiger partial charge < -0.3 is 0 Å². The summed E-state index contributed by atoms with van der Waals surface area (Å²) in [5.41, 5.74) is 2.68. The van der Waals surface area contributed by atoms with Crippen LogP contribution in [-0.4, -0.2) is 0 Å². The predicted molar refractivity (Wildman–Crippen MR) is 124 cm³/mol. The fraction of sp³-hybridized carbons (Fsp3) is 0.444. The highest BCUT2D eigenvalue weighted by Crippen LogP contribution is 2.30. The first-order chi connectivity index (χ1) is 14.3. The number of hydrogen-bond donors (Lipinski definition) is 0. The van der Waals surface area contributed by atoms with Crippen LogP contribution in [0.3, 0.4) is 0 Å². The summed E-state index contributed by atoms with van der Waals surface area (Å²) in [5.74, 6) is 1.02. The first kappa shape index (κ1) is 20.5. The molecule has 1 heterocycles. The van der Waals surface area contributed by atoms with E-state index >= 15 is 0 Å². The average Bonchev–Trinajstić information content (AvgIpc) is 2.74. The van der Waals surface area contributed by atoms with Crippen molar-refractivity contribution in [2.45, 2.75) is 81.0 Å². The summed E-state index contributed by atoms with van der Waals surface area (Å²) < 4.78 is 2.48. The molecule has 29 heavy (non-hydrogen) atoms. The summed E-state index contributed by atoms with van der Waals surface area (Å²) >= 11 is 1.87. The lowest BCUT2D eigenvalue weighted by atomic mass is 9.85. The van der Waals surface area contributed by atoms with Gasteiger partial charge in [0, 0.05) is 22.8 Å². The summed E-state index contributed by atoms with van der Waals surface area (Å²) in [4.78, 5) is 2.65. The third-order valence-corrected chi connectivity index (χ3v) is 7.24. The van der Waals surface area contributed by atoms with Crippen LogP contribution in [0.25, 0.3) is 10.9 Å². The van der Waals surface area contributed by atoms with Crippen molar-refractivity contribution >= 4 is 22.7 Å². The van der Waals surface area contributed by atoms with E-state index in [0.717, 1.165) is 12.5 Å². The number of hydrogen-bond acceptors (Lipinski definition) is 1. The van der Waals surface area contributed by atoms with Crippen molar-refractivity contribution in [3.8, 4) is 0 Å². The van der Waals surface area contributed by atoms with Crippen molar-refractivity contribution in [2.75, 3.05) is 0 Å². The predicted octanol–water partition coefficient (Wildman–Crippen LogP) is 7.73. The van der Waals surface area contributed by atoms with Crippen LogP contribution in [0.15, 0.2) is 70.6 Å². The maximum absolute atomic E-state index is 2.48. The Labute approximate surface area is 180 Å². The van der Waals surface area contributed by atoms with Gasteiger partial charge in [-0.2, -0.15) is 4.57 Å². The highest BCUT2D eigenvalue weighted by atomic mass is 32.2. The van der Waals surface area contributed by atoms with E-state index in [1.165, 1.54) is 84.0 Å². The van der Waals surface area contributed by atoms with Gasteiger partial charge in [0.15, 0.2) is 6.20 Å². The summed E-state index contributed by atoms with van der Waals surface area (Å²) in [6.45, 7) is 3.28. The smallest absolute Gasteiger partial charge is 0.197 e. The molecule has 4 rings (SSSR count). The quantitative estimate of drug-likeness (QED) is 0.274. The molecule has 1 aliphatic rings. The zero-order valence-electron chi connectivity index (χ0n) is 17.8. The molecule has 0 amide bonds. The third-order valence-electron chi connectivity index (χ3n) is 6.29. The van der Waals surface area contributed by atoms with Crippen molar-refractivity contribution in [3.05, 3.63) is 66.4 Å². The summed E-state index contributed by atoms with van der Waals surface area (Å²) in [5, 5.41) is 1.34. The minimum Gasteiger partial charge on any atom is -0.197 e. The Kier molecular flexibility index (Phi) is 7.27. The summed E-state index contributed by atoms with van der Waals surface area (Å²) in [6.07, 6.45) is 15.2. The van der Waals surface area contributed by atoms with Crippen molar-refractivity contribution < 1.29 is 4.57 Å². The van der Waals surface area contributed by atoms with E-state index < -0.39 is 0 Å². The van der Waals surface area contributed by atoms with Gasteiger partial charge in [-0.05, 0) is 43.5 Å². The normalized spacial score (nSPS) is 15.1. The molecule has 152 valence electrons. The minimum atomic E-state index is 1.02. The number of nitrogens with zero attached hydrogens (tertiary/aromatic N) is 1. The standard InChI is InChI=1S/C27H34NS/c1-22-11-10-16-25(19-22)29-26-20-24-15-7-8-17-27(24)28(21-26)18-9-3-6-14-23-12-4-2-5-13-23/h7-8,10-11,15-17,19-21,23H,2-6,9,12-14,18H2,1H3/q+1. The second-order valence-electron chi connectivity index (χ2n) is 8.70. The van der Waals surface area contributed by atoms with Gasteiger partial charge in [0.25, 0.3) is 0 Å². The molecule has 1 aliphatic carbocycles. The lowest BCUT2D eigenvalue weighted by molar-refractivity contribution is -0.673. The van der Waals surface area contributed by atoms with Crippen LogP contribution in [0, 0.1) is 12.8 Å². The van der Waals surface area contributed by atoms with Crippen LogP contribution in [0.5, 0.6) is 0 Å². The number of aryl methyl sites for hydroxylation is 2. The summed E-state index contributed by atoms with van der Waals surface area (Å²) in [7, 11) is 0. The fourth-order valence-corrected chi connectivity index (χ4v) is 5.74. The molecule has 1 aromatic heterocycles. The zero-order chi connectivity index (χ0) is 19.9. The zero-order valence-corrected chi connectivity index (χ0v) is 18.6. The number of unbranched alkanes of at least 4 members (excludes halogenated alkanes) is 2. The average molecular weight is 405 g/mol. The lowest BCUT2D eigenvalue weighted by Gasteiger charge is -2.21. The van der Waals surface area contributed by atoms with Gasteiger partial charge in [-0.1, -0.05) is 86.5 Å². The van der Waals surface area contributed by atoms with Gasteiger partial charge in [-0.15, -0.1) is 0 Å². The van der Waals surface area contributed by atoms with Gasteiger partial charge in [-0.3, -0.25) is 0 Å². The van der Waals surface area contributed by atoms with Crippen molar-refractivity contribution in [2.24, 2.45) is 5.92 Å². The monoisotopic (exact) mass is 404 g/mol. The number of pyridine rings is 1. The molecule has 3 aromatic rings. The lowest BCUT2D eigenvalue weighted by Crippen LogP contribution is -2.34. The van der Waals surface area contributed by atoms with Crippen LogP contribution in [0.2, 0.25) is 0 Å². The van der Waals surface area contributed by atoms with E-state index in [-0.39, 0.29) is 0 Å². The second-order valence-corrected chi connectivity index (χ2v) is 9.85. The second kappa shape index (κ2) is 10.3.